The van der Waals surface area contributed by atoms with Crippen LogP contribution in [0.1, 0.15) is 16.1 Å². The summed E-state index contributed by atoms with van der Waals surface area (Å²) >= 11 is 0. The topological polar surface area (TPSA) is 89.0 Å². The third kappa shape index (κ3) is 3.31. The molecule has 0 bridgehead atoms. The average molecular weight is 339 g/mol. The van der Waals surface area contributed by atoms with Crippen LogP contribution in [0, 0.1) is 0 Å². The summed E-state index contributed by atoms with van der Waals surface area (Å²) in [6, 6.07) is 14.3. The molecule has 6 nitrogen and oxygen atoms in total. The Morgan fingerprint density at radius 3 is 2.33 bits per heavy atom. The Labute approximate surface area is 139 Å². The molecule has 24 heavy (non-hydrogen) atoms. The van der Waals surface area contributed by atoms with Gasteiger partial charge in [0.25, 0.3) is 10.0 Å². The summed E-state index contributed by atoms with van der Waals surface area (Å²) in [5.41, 5.74) is 0.540. The average Bonchev–Trinajstić information content (AvgIpc) is 2.63. The smallest absolute Gasteiger partial charge is 0.261 e. The normalized spacial score (nSPS) is 11.0. The van der Waals surface area contributed by atoms with E-state index >= 15 is 0 Å². The molecular formula is C17H13N3O3S. The number of anilines is 1. The number of carbonyl (C=O) groups is 1. The fourth-order valence-electron chi connectivity index (χ4n) is 2.13. The lowest BCUT2D eigenvalue weighted by Crippen LogP contribution is -2.16. The number of ketones is 1. The monoisotopic (exact) mass is 339 g/mol. The number of carbonyl (C=O) groups excluding carboxylic acids is 1. The minimum Gasteiger partial charge on any atom is -0.287 e. The molecular weight excluding hydrogens is 326 g/mol. The third-order valence-corrected chi connectivity index (χ3v) is 4.65. The van der Waals surface area contributed by atoms with Gasteiger partial charge in [0.15, 0.2) is 0 Å². The minimum atomic E-state index is -3.79. The van der Waals surface area contributed by atoms with Crippen LogP contribution < -0.4 is 4.72 Å². The number of hydrogen-bond donors (Lipinski definition) is 1. The first-order chi connectivity index (χ1) is 11.6. The Hall–Kier alpha value is -3.06. The van der Waals surface area contributed by atoms with Crippen LogP contribution in [0.2, 0.25) is 0 Å². The van der Waals surface area contributed by atoms with Gasteiger partial charge in [-0.1, -0.05) is 30.3 Å². The van der Waals surface area contributed by atoms with E-state index in [9.17, 15) is 13.2 Å². The van der Waals surface area contributed by atoms with E-state index in [-0.39, 0.29) is 21.8 Å². The molecule has 1 aromatic heterocycles. The van der Waals surface area contributed by atoms with Gasteiger partial charge >= 0.3 is 0 Å². The fraction of sp³-hybridized carbons (Fsp3) is 0. The van der Waals surface area contributed by atoms with Crippen molar-refractivity contribution >= 4 is 21.5 Å². The highest BCUT2D eigenvalue weighted by Crippen LogP contribution is 2.22. The van der Waals surface area contributed by atoms with Crippen LogP contribution in [0.5, 0.6) is 0 Å². The van der Waals surface area contributed by atoms with Gasteiger partial charge in [0, 0.05) is 18.0 Å². The van der Waals surface area contributed by atoms with Crippen LogP contribution in [0.15, 0.2) is 78.1 Å². The molecule has 0 aliphatic rings. The molecule has 120 valence electrons. The second-order valence-electron chi connectivity index (χ2n) is 4.88. The summed E-state index contributed by atoms with van der Waals surface area (Å²) < 4.78 is 27.4. The maximum atomic E-state index is 12.6. The number of hydrogen-bond acceptors (Lipinski definition) is 5. The van der Waals surface area contributed by atoms with Crippen molar-refractivity contribution in [2.75, 3.05) is 4.72 Å². The summed E-state index contributed by atoms with van der Waals surface area (Å²) in [6.07, 6.45) is 4.20. The van der Waals surface area contributed by atoms with E-state index in [1.807, 2.05) is 0 Å². The Kier molecular flexibility index (Phi) is 4.35. The molecule has 0 unspecified atom stereocenters. The van der Waals surface area contributed by atoms with Gasteiger partial charge in [-0.2, -0.15) is 0 Å². The zero-order chi connectivity index (χ0) is 17.0. The Bertz CT molecular complexity index is 959. The maximum Gasteiger partial charge on any atom is 0.261 e. The highest BCUT2D eigenvalue weighted by atomic mass is 32.2. The SMILES string of the molecule is O=C(c1cnccn1)c1ccccc1NS(=O)(=O)c1ccccc1. The van der Waals surface area contributed by atoms with Gasteiger partial charge in [-0.3, -0.25) is 14.5 Å². The molecule has 1 heterocycles. The summed E-state index contributed by atoms with van der Waals surface area (Å²) in [5, 5.41) is 0. The molecule has 0 spiro atoms. The van der Waals surface area contributed by atoms with Crippen molar-refractivity contribution in [2.24, 2.45) is 0 Å². The second kappa shape index (κ2) is 6.59. The number of nitrogens with zero attached hydrogens (tertiary/aromatic N) is 2. The lowest BCUT2D eigenvalue weighted by Gasteiger charge is -2.11. The van der Waals surface area contributed by atoms with Crippen molar-refractivity contribution in [3.63, 3.8) is 0 Å². The molecule has 0 amide bonds. The lowest BCUT2D eigenvalue weighted by atomic mass is 10.1. The summed E-state index contributed by atoms with van der Waals surface area (Å²) in [7, 11) is -3.79. The van der Waals surface area contributed by atoms with E-state index in [1.165, 1.54) is 36.8 Å². The predicted molar refractivity (Wildman–Crippen MR) is 89.2 cm³/mol. The number of rotatable bonds is 5. The lowest BCUT2D eigenvalue weighted by molar-refractivity contribution is 0.103. The quantitative estimate of drug-likeness (QED) is 0.722. The first-order valence-electron chi connectivity index (χ1n) is 7.05. The molecule has 0 fully saturated rings. The van der Waals surface area contributed by atoms with Crippen molar-refractivity contribution < 1.29 is 13.2 Å². The first kappa shape index (κ1) is 15.8. The number of aromatic nitrogens is 2. The molecule has 0 saturated carbocycles. The van der Waals surface area contributed by atoms with Gasteiger partial charge in [-0.15, -0.1) is 0 Å². The van der Waals surface area contributed by atoms with Crippen LogP contribution in [0.25, 0.3) is 0 Å². The fourth-order valence-corrected chi connectivity index (χ4v) is 3.23. The number of sulfonamides is 1. The molecule has 1 N–H and O–H groups in total. The van der Waals surface area contributed by atoms with E-state index in [4.69, 9.17) is 0 Å². The molecule has 0 radical (unpaired) electrons. The van der Waals surface area contributed by atoms with Gasteiger partial charge in [0.05, 0.1) is 16.8 Å². The number of benzene rings is 2. The minimum absolute atomic E-state index is 0.117. The predicted octanol–water partition coefficient (Wildman–Crippen LogP) is 2.51. The van der Waals surface area contributed by atoms with Crippen LogP contribution in [-0.2, 0) is 10.0 Å². The van der Waals surface area contributed by atoms with Gasteiger partial charge in [0.1, 0.15) is 5.69 Å². The van der Waals surface area contributed by atoms with Crippen molar-refractivity contribution in [1.29, 1.82) is 0 Å². The van der Waals surface area contributed by atoms with Crippen LogP contribution in [0.4, 0.5) is 5.69 Å². The van der Waals surface area contributed by atoms with E-state index in [1.54, 1.807) is 36.4 Å². The summed E-state index contributed by atoms with van der Waals surface area (Å²) in [6.45, 7) is 0. The van der Waals surface area contributed by atoms with Crippen molar-refractivity contribution in [2.45, 2.75) is 4.90 Å². The maximum absolute atomic E-state index is 12.6. The summed E-state index contributed by atoms with van der Waals surface area (Å²) in [4.78, 5) is 20.5. The van der Waals surface area contributed by atoms with Gasteiger partial charge < -0.3 is 0 Å². The molecule has 0 aliphatic carbocycles. The van der Waals surface area contributed by atoms with Crippen molar-refractivity contribution in [3.8, 4) is 0 Å². The Morgan fingerprint density at radius 1 is 0.917 bits per heavy atom. The van der Waals surface area contributed by atoms with E-state index in [0.717, 1.165) is 0 Å². The first-order valence-corrected chi connectivity index (χ1v) is 8.54. The van der Waals surface area contributed by atoms with E-state index in [0.29, 0.717) is 0 Å². The molecule has 0 aliphatic heterocycles. The van der Waals surface area contributed by atoms with Crippen LogP contribution in [0.3, 0.4) is 0 Å². The van der Waals surface area contributed by atoms with Crippen molar-refractivity contribution in [3.05, 3.63) is 84.4 Å². The molecule has 2 aromatic carbocycles. The zero-order valence-corrected chi connectivity index (χ0v) is 13.3. The van der Waals surface area contributed by atoms with E-state index < -0.39 is 15.8 Å². The van der Waals surface area contributed by atoms with Gasteiger partial charge in [0.2, 0.25) is 5.78 Å². The van der Waals surface area contributed by atoms with E-state index in [2.05, 4.69) is 14.7 Å². The van der Waals surface area contributed by atoms with Crippen LogP contribution >= 0.6 is 0 Å². The standard InChI is InChI=1S/C17H13N3O3S/c21-17(16-12-18-10-11-19-16)14-8-4-5-9-15(14)20-24(22,23)13-6-2-1-3-7-13/h1-12,20H. The van der Waals surface area contributed by atoms with Gasteiger partial charge in [-0.05, 0) is 24.3 Å². The highest BCUT2D eigenvalue weighted by Gasteiger charge is 2.19. The van der Waals surface area contributed by atoms with Crippen LogP contribution in [-0.4, -0.2) is 24.2 Å². The number of nitrogens with one attached hydrogen (secondary N) is 1. The second-order valence-corrected chi connectivity index (χ2v) is 6.57. The van der Waals surface area contributed by atoms with Crippen molar-refractivity contribution in [1.82, 2.24) is 9.97 Å². The van der Waals surface area contributed by atoms with Gasteiger partial charge in [-0.25, -0.2) is 13.4 Å². The zero-order valence-electron chi connectivity index (χ0n) is 12.5. The molecule has 3 aromatic rings. The molecule has 3 rings (SSSR count). The third-order valence-electron chi connectivity index (χ3n) is 3.27. The number of para-hydroxylation sites is 1. The molecule has 7 heteroatoms. The molecule has 0 saturated heterocycles. The molecule has 0 atom stereocenters. The largest absolute Gasteiger partial charge is 0.287 e. The Balaban J connectivity index is 1.97. The summed E-state index contributed by atoms with van der Waals surface area (Å²) in [5.74, 6) is -0.408. The highest BCUT2D eigenvalue weighted by molar-refractivity contribution is 7.92. The Morgan fingerprint density at radius 2 is 1.62 bits per heavy atom.